The number of nitrogens with zero attached hydrogens (tertiary/aromatic N) is 2. The summed E-state index contributed by atoms with van der Waals surface area (Å²) in [5.41, 5.74) is 1.25. The number of nitrogens with one attached hydrogen (secondary N) is 1. The third-order valence-corrected chi connectivity index (χ3v) is 4.35. The second kappa shape index (κ2) is 5.30. The van der Waals surface area contributed by atoms with Gasteiger partial charge in [-0.05, 0) is 41.4 Å². The Bertz CT molecular complexity index is 697. The molecule has 1 N–H and O–H groups in total. The average Bonchev–Trinajstić information content (AvgIpc) is 2.68. The maximum absolute atomic E-state index is 11.9. The molecule has 0 amide bonds. The minimum absolute atomic E-state index is 0.249. The van der Waals surface area contributed by atoms with Crippen LogP contribution in [0, 0.1) is 13.8 Å². The highest BCUT2D eigenvalue weighted by Gasteiger charge is 2.15. The molecule has 102 valence electrons. The molecule has 2 heterocycles. The molecule has 2 aromatic heterocycles. The number of hydrogen-bond donors (Lipinski definition) is 1. The summed E-state index contributed by atoms with van der Waals surface area (Å²) in [5, 5.41) is 3.65. The zero-order valence-electron chi connectivity index (χ0n) is 10.3. The van der Waals surface area contributed by atoms with Gasteiger partial charge in [0.1, 0.15) is 23.0 Å². The van der Waals surface area contributed by atoms with Gasteiger partial charge >= 0.3 is 0 Å². The molecule has 6 nitrogen and oxygen atoms in total. The van der Waals surface area contributed by atoms with Crippen LogP contribution in [0.5, 0.6) is 0 Å². The molecule has 0 radical (unpaired) electrons. The Hall–Kier alpha value is -1.41. The van der Waals surface area contributed by atoms with Gasteiger partial charge in [0.25, 0.3) is 0 Å². The lowest BCUT2D eigenvalue weighted by Crippen LogP contribution is -2.16. The fraction of sp³-hybridized carbons (Fsp3) is 0.273. The molecule has 0 aliphatic rings. The number of anilines is 1. The third-order valence-electron chi connectivity index (χ3n) is 2.32. The van der Waals surface area contributed by atoms with Crippen LogP contribution in [0.3, 0.4) is 0 Å². The van der Waals surface area contributed by atoms with Crippen molar-refractivity contribution in [2.75, 3.05) is 4.72 Å². The van der Waals surface area contributed by atoms with E-state index < -0.39 is 10.0 Å². The molecule has 0 unspecified atom stereocenters. The van der Waals surface area contributed by atoms with Crippen LogP contribution in [0.15, 0.2) is 27.3 Å². The van der Waals surface area contributed by atoms with Gasteiger partial charge in [0.2, 0.25) is 10.0 Å². The number of sulfonamides is 1. The normalized spacial score (nSPS) is 11.5. The molecule has 0 saturated heterocycles. The topological polar surface area (TPSA) is 85.1 Å². The van der Waals surface area contributed by atoms with E-state index in [1.54, 1.807) is 25.3 Å². The summed E-state index contributed by atoms with van der Waals surface area (Å²) in [6.07, 6.45) is 1.55. The molecule has 0 aliphatic carbocycles. The third kappa shape index (κ3) is 3.77. The quantitative estimate of drug-likeness (QED) is 0.919. The Kier molecular flexibility index (Phi) is 3.91. The molecule has 0 bridgehead atoms. The first kappa shape index (κ1) is 14.0. The molecule has 8 heteroatoms. The van der Waals surface area contributed by atoms with Crippen molar-refractivity contribution in [3.05, 3.63) is 39.8 Å². The summed E-state index contributed by atoms with van der Waals surface area (Å²) < 4.78 is 31.9. The maximum Gasteiger partial charge on any atom is 0.239 e. The van der Waals surface area contributed by atoms with Gasteiger partial charge in [0, 0.05) is 16.7 Å². The standard InChI is InChI=1S/C11H12BrN3O3S/c1-7-3-11(13-5-10(7)12)15-19(16,17)6-9-4-8(2)18-14-9/h3-5H,6H2,1-2H3,(H,13,15). The highest BCUT2D eigenvalue weighted by atomic mass is 79.9. The van der Waals surface area contributed by atoms with E-state index in [4.69, 9.17) is 4.52 Å². The SMILES string of the molecule is Cc1cc(CS(=O)(=O)Nc2cc(C)c(Br)cn2)no1. The first-order valence-corrected chi connectivity index (χ1v) is 7.85. The van der Waals surface area contributed by atoms with Crippen molar-refractivity contribution in [3.63, 3.8) is 0 Å². The first-order valence-electron chi connectivity index (χ1n) is 5.40. The van der Waals surface area contributed by atoms with Crippen LogP contribution in [0.4, 0.5) is 5.82 Å². The van der Waals surface area contributed by atoms with E-state index in [0.29, 0.717) is 11.5 Å². The van der Waals surface area contributed by atoms with E-state index in [2.05, 4.69) is 30.8 Å². The Morgan fingerprint density at radius 3 is 2.68 bits per heavy atom. The monoisotopic (exact) mass is 345 g/mol. The van der Waals surface area contributed by atoms with E-state index in [-0.39, 0.29) is 11.6 Å². The Balaban J connectivity index is 2.14. The zero-order valence-corrected chi connectivity index (χ0v) is 12.7. The van der Waals surface area contributed by atoms with E-state index in [9.17, 15) is 8.42 Å². The molecule has 2 aromatic rings. The number of halogens is 1. The smallest absolute Gasteiger partial charge is 0.239 e. The Morgan fingerprint density at radius 1 is 1.37 bits per heavy atom. The van der Waals surface area contributed by atoms with Gasteiger partial charge in [-0.2, -0.15) is 0 Å². The van der Waals surface area contributed by atoms with Crippen molar-refractivity contribution in [1.29, 1.82) is 0 Å². The molecule has 0 aromatic carbocycles. The molecule has 0 aliphatic heterocycles. The number of hydrogen-bond acceptors (Lipinski definition) is 5. The van der Waals surface area contributed by atoms with Crippen LogP contribution >= 0.6 is 15.9 Å². The first-order chi connectivity index (χ1) is 8.85. The predicted molar refractivity (Wildman–Crippen MR) is 74.2 cm³/mol. The minimum Gasteiger partial charge on any atom is -0.361 e. The molecule has 0 atom stereocenters. The van der Waals surface area contributed by atoms with Gasteiger partial charge in [0.05, 0.1) is 0 Å². The predicted octanol–water partition coefficient (Wildman–Crippen LogP) is 2.39. The van der Waals surface area contributed by atoms with E-state index >= 15 is 0 Å². The second-order valence-corrected chi connectivity index (χ2v) is 6.69. The van der Waals surface area contributed by atoms with Gasteiger partial charge in [-0.15, -0.1) is 0 Å². The van der Waals surface area contributed by atoms with Crippen LogP contribution < -0.4 is 4.72 Å². The van der Waals surface area contributed by atoms with Crippen LogP contribution in [0.1, 0.15) is 17.0 Å². The van der Waals surface area contributed by atoms with Crippen molar-refractivity contribution in [2.45, 2.75) is 19.6 Å². The molecule has 19 heavy (non-hydrogen) atoms. The lowest BCUT2D eigenvalue weighted by Gasteiger charge is -2.07. The van der Waals surface area contributed by atoms with Crippen LogP contribution in [0.2, 0.25) is 0 Å². The number of aryl methyl sites for hydroxylation is 2. The molecule has 2 rings (SSSR count). The van der Waals surface area contributed by atoms with Crippen molar-refractivity contribution >= 4 is 31.8 Å². The Morgan fingerprint density at radius 2 is 2.11 bits per heavy atom. The molecular weight excluding hydrogens is 334 g/mol. The largest absolute Gasteiger partial charge is 0.361 e. The second-order valence-electron chi connectivity index (χ2n) is 4.11. The van der Waals surface area contributed by atoms with Crippen LogP contribution in [-0.4, -0.2) is 18.6 Å². The van der Waals surface area contributed by atoms with Crippen molar-refractivity contribution in [3.8, 4) is 0 Å². The van der Waals surface area contributed by atoms with Crippen LogP contribution in [-0.2, 0) is 15.8 Å². The number of aromatic nitrogens is 2. The summed E-state index contributed by atoms with van der Waals surface area (Å²) in [7, 11) is -3.55. The lowest BCUT2D eigenvalue weighted by molar-refractivity contribution is 0.392. The molecular formula is C11H12BrN3O3S. The molecule has 0 spiro atoms. The fourth-order valence-electron chi connectivity index (χ4n) is 1.47. The van der Waals surface area contributed by atoms with Crippen molar-refractivity contribution in [2.24, 2.45) is 0 Å². The van der Waals surface area contributed by atoms with Crippen LogP contribution in [0.25, 0.3) is 0 Å². The van der Waals surface area contributed by atoms with Gasteiger partial charge in [-0.1, -0.05) is 5.16 Å². The average molecular weight is 346 g/mol. The van der Waals surface area contributed by atoms with Gasteiger partial charge in [-0.25, -0.2) is 13.4 Å². The zero-order chi connectivity index (χ0) is 14.0. The summed E-state index contributed by atoms with van der Waals surface area (Å²) in [4.78, 5) is 3.99. The van der Waals surface area contributed by atoms with Crippen molar-refractivity contribution < 1.29 is 12.9 Å². The number of pyridine rings is 1. The molecule has 0 saturated carbocycles. The summed E-state index contributed by atoms with van der Waals surface area (Å²) in [6.45, 7) is 3.56. The highest BCUT2D eigenvalue weighted by Crippen LogP contribution is 2.18. The van der Waals surface area contributed by atoms with E-state index in [1.807, 2.05) is 6.92 Å². The summed E-state index contributed by atoms with van der Waals surface area (Å²) in [5.74, 6) is 0.602. The Labute approximate surface area is 119 Å². The lowest BCUT2D eigenvalue weighted by atomic mass is 10.3. The van der Waals surface area contributed by atoms with E-state index in [0.717, 1.165) is 10.0 Å². The highest BCUT2D eigenvalue weighted by molar-refractivity contribution is 9.10. The summed E-state index contributed by atoms with van der Waals surface area (Å²) >= 11 is 3.30. The summed E-state index contributed by atoms with van der Waals surface area (Å²) in [6, 6.07) is 3.23. The van der Waals surface area contributed by atoms with Gasteiger partial charge < -0.3 is 4.52 Å². The minimum atomic E-state index is -3.55. The fourth-order valence-corrected chi connectivity index (χ4v) is 2.72. The molecule has 0 fully saturated rings. The maximum atomic E-state index is 11.9. The van der Waals surface area contributed by atoms with E-state index in [1.165, 1.54) is 0 Å². The van der Waals surface area contributed by atoms with Gasteiger partial charge in [-0.3, -0.25) is 4.72 Å². The van der Waals surface area contributed by atoms with Crippen molar-refractivity contribution in [1.82, 2.24) is 10.1 Å². The number of rotatable bonds is 4. The van der Waals surface area contributed by atoms with Gasteiger partial charge in [0.15, 0.2) is 0 Å².